The van der Waals surface area contributed by atoms with Crippen molar-refractivity contribution in [2.75, 3.05) is 12.4 Å². The van der Waals surface area contributed by atoms with Gasteiger partial charge in [0.2, 0.25) is 0 Å². The van der Waals surface area contributed by atoms with Crippen LogP contribution in [0.5, 0.6) is 0 Å². The van der Waals surface area contributed by atoms with E-state index in [1.807, 2.05) is 31.2 Å². The zero-order chi connectivity index (χ0) is 17.7. The van der Waals surface area contributed by atoms with Crippen molar-refractivity contribution in [2.24, 2.45) is 5.92 Å². The van der Waals surface area contributed by atoms with Gasteiger partial charge in [-0.15, -0.1) is 11.8 Å². The molecule has 132 valence electrons. The van der Waals surface area contributed by atoms with E-state index in [2.05, 4.69) is 20.8 Å². The molecule has 1 amide bonds. The van der Waals surface area contributed by atoms with E-state index in [0.29, 0.717) is 17.9 Å². The Morgan fingerprint density at radius 2 is 1.96 bits per heavy atom. The van der Waals surface area contributed by atoms with Crippen molar-refractivity contribution in [2.45, 2.75) is 52.0 Å². The standard InChI is InChI=1S/C19H27NO3S/c1-5-6-11-23-19(22)16-12-24-18(13(2)3)20(16)17(21)15-9-7-14(4)8-10-15/h7-10,13,16,18H,5-6,11-12H2,1-4H3. The van der Waals surface area contributed by atoms with Crippen molar-refractivity contribution in [3.63, 3.8) is 0 Å². The molecular weight excluding hydrogens is 322 g/mol. The number of carbonyl (C=O) groups is 2. The average molecular weight is 349 g/mol. The molecule has 1 fully saturated rings. The smallest absolute Gasteiger partial charge is 0.329 e. The van der Waals surface area contributed by atoms with Gasteiger partial charge in [-0.2, -0.15) is 0 Å². The van der Waals surface area contributed by atoms with Gasteiger partial charge >= 0.3 is 5.97 Å². The SMILES string of the molecule is CCCCOC(=O)C1CSC(C(C)C)N1C(=O)c1ccc(C)cc1. The number of amides is 1. The molecule has 0 spiro atoms. The highest BCUT2D eigenvalue weighted by Crippen LogP contribution is 2.35. The molecule has 1 heterocycles. The minimum Gasteiger partial charge on any atom is -0.464 e. The Morgan fingerprint density at radius 1 is 1.29 bits per heavy atom. The third-order valence-electron chi connectivity index (χ3n) is 4.15. The monoisotopic (exact) mass is 349 g/mol. The molecule has 0 aromatic heterocycles. The molecule has 2 atom stereocenters. The second kappa shape index (κ2) is 8.56. The number of aryl methyl sites for hydroxylation is 1. The second-order valence-corrected chi connectivity index (χ2v) is 7.73. The highest BCUT2D eigenvalue weighted by molar-refractivity contribution is 8.00. The van der Waals surface area contributed by atoms with Gasteiger partial charge in [0.05, 0.1) is 12.0 Å². The van der Waals surface area contributed by atoms with Crippen LogP contribution in [0.3, 0.4) is 0 Å². The molecule has 0 aliphatic carbocycles. The van der Waals surface area contributed by atoms with Crippen LogP contribution in [-0.2, 0) is 9.53 Å². The average Bonchev–Trinajstić information content (AvgIpc) is 3.00. The lowest BCUT2D eigenvalue weighted by atomic mass is 10.1. The summed E-state index contributed by atoms with van der Waals surface area (Å²) in [7, 11) is 0. The lowest BCUT2D eigenvalue weighted by Crippen LogP contribution is -2.47. The summed E-state index contributed by atoms with van der Waals surface area (Å²) < 4.78 is 5.38. The van der Waals surface area contributed by atoms with Gasteiger partial charge in [0.1, 0.15) is 6.04 Å². The van der Waals surface area contributed by atoms with Gasteiger partial charge in [0.15, 0.2) is 0 Å². The van der Waals surface area contributed by atoms with E-state index >= 15 is 0 Å². The first-order valence-corrected chi connectivity index (χ1v) is 9.68. The zero-order valence-corrected chi connectivity index (χ0v) is 15.8. The van der Waals surface area contributed by atoms with E-state index in [1.54, 1.807) is 16.7 Å². The van der Waals surface area contributed by atoms with Crippen LogP contribution < -0.4 is 0 Å². The fourth-order valence-electron chi connectivity index (χ4n) is 2.74. The van der Waals surface area contributed by atoms with Gasteiger partial charge in [-0.3, -0.25) is 4.79 Å². The number of hydrogen-bond acceptors (Lipinski definition) is 4. The Balaban J connectivity index is 2.19. The normalized spacial score (nSPS) is 20.5. The fourth-order valence-corrected chi connectivity index (χ4v) is 4.20. The molecule has 1 aromatic rings. The summed E-state index contributed by atoms with van der Waals surface area (Å²) in [6, 6.07) is 7.02. The van der Waals surface area contributed by atoms with Crippen molar-refractivity contribution in [3.8, 4) is 0 Å². The molecule has 24 heavy (non-hydrogen) atoms. The first kappa shape index (κ1) is 18.8. The lowest BCUT2D eigenvalue weighted by Gasteiger charge is -2.30. The van der Waals surface area contributed by atoms with Crippen LogP contribution in [0.2, 0.25) is 0 Å². The number of ether oxygens (including phenoxy) is 1. The van der Waals surface area contributed by atoms with E-state index in [9.17, 15) is 9.59 Å². The molecule has 2 rings (SSSR count). The number of nitrogens with zero attached hydrogens (tertiary/aromatic N) is 1. The summed E-state index contributed by atoms with van der Waals surface area (Å²) in [6.45, 7) is 8.64. The maximum Gasteiger partial charge on any atom is 0.329 e. The van der Waals surface area contributed by atoms with Crippen molar-refractivity contribution in [3.05, 3.63) is 35.4 Å². The number of esters is 1. The first-order chi connectivity index (χ1) is 11.5. The topological polar surface area (TPSA) is 46.6 Å². The van der Waals surface area contributed by atoms with Crippen LogP contribution >= 0.6 is 11.8 Å². The first-order valence-electron chi connectivity index (χ1n) is 8.63. The zero-order valence-electron chi connectivity index (χ0n) is 15.0. The maximum atomic E-state index is 13.0. The van der Waals surface area contributed by atoms with Gasteiger partial charge in [-0.25, -0.2) is 4.79 Å². The predicted molar refractivity (Wildman–Crippen MR) is 98.1 cm³/mol. The van der Waals surface area contributed by atoms with Gasteiger partial charge in [0, 0.05) is 11.3 Å². The van der Waals surface area contributed by atoms with Gasteiger partial charge in [-0.1, -0.05) is 44.9 Å². The quantitative estimate of drug-likeness (QED) is 0.578. The number of thioether (sulfide) groups is 1. The Bertz CT molecular complexity index is 570. The largest absolute Gasteiger partial charge is 0.464 e. The van der Waals surface area contributed by atoms with Crippen LogP contribution in [-0.4, -0.2) is 40.6 Å². The van der Waals surface area contributed by atoms with Gasteiger partial charge in [0.25, 0.3) is 5.91 Å². The van der Waals surface area contributed by atoms with E-state index < -0.39 is 6.04 Å². The summed E-state index contributed by atoms with van der Waals surface area (Å²) in [5.41, 5.74) is 1.73. The molecule has 0 N–H and O–H groups in total. The molecule has 4 nitrogen and oxygen atoms in total. The third-order valence-corrected chi connectivity index (χ3v) is 5.77. The lowest BCUT2D eigenvalue weighted by molar-refractivity contribution is -0.148. The molecule has 1 saturated heterocycles. The van der Waals surface area contributed by atoms with Crippen molar-refractivity contribution >= 4 is 23.6 Å². The highest BCUT2D eigenvalue weighted by Gasteiger charge is 2.43. The predicted octanol–water partition coefficient (Wildman–Crippen LogP) is 3.88. The second-order valence-electron chi connectivity index (χ2n) is 6.58. The van der Waals surface area contributed by atoms with Crippen LogP contribution in [0.15, 0.2) is 24.3 Å². The summed E-state index contributed by atoms with van der Waals surface area (Å²) in [4.78, 5) is 27.2. The molecular formula is C19H27NO3S. The van der Waals surface area contributed by atoms with E-state index in [-0.39, 0.29) is 23.2 Å². The van der Waals surface area contributed by atoms with Crippen molar-refractivity contribution in [1.29, 1.82) is 0 Å². The summed E-state index contributed by atoms with van der Waals surface area (Å²) in [5, 5.41) is 0.00234. The fraction of sp³-hybridized carbons (Fsp3) is 0.579. The minimum atomic E-state index is -0.493. The van der Waals surface area contributed by atoms with Crippen LogP contribution in [0.1, 0.15) is 49.5 Å². The van der Waals surface area contributed by atoms with E-state index in [4.69, 9.17) is 4.74 Å². The van der Waals surface area contributed by atoms with E-state index in [0.717, 1.165) is 18.4 Å². The third kappa shape index (κ3) is 4.32. The number of unbranched alkanes of at least 4 members (excludes halogenated alkanes) is 1. The number of rotatable bonds is 6. The Kier molecular flexibility index (Phi) is 6.72. The molecule has 1 aliphatic heterocycles. The summed E-state index contributed by atoms with van der Waals surface area (Å²) in [6.07, 6.45) is 1.83. The molecule has 0 saturated carbocycles. The highest BCUT2D eigenvalue weighted by atomic mass is 32.2. The van der Waals surface area contributed by atoms with Gasteiger partial charge in [-0.05, 0) is 31.4 Å². The molecule has 0 radical (unpaired) electrons. The van der Waals surface area contributed by atoms with Crippen LogP contribution in [0, 0.1) is 12.8 Å². The number of hydrogen-bond donors (Lipinski definition) is 0. The van der Waals surface area contributed by atoms with Crippen LogP contribution in [0.25, 0.3) is 0 Å². The van der Waals surface area contributed by atoms with Crippen LogP contribution in [0.4, 0.5) is 0 Å². The number of carbonyl (C=O) groups excluding carboxylic acids is 2. The Morgan fingerprint density at radius 3 is 2.54 bits per heavy atom. The Labute approximate surface area is 148 Å². The summed E-state index contributed by atoms with van der Waals surface area (Å²) in [5.74, 6) is 0.513. The number of benzene rings is 1. The molecule has 0 bridgehead atoms. The Hall–Kier alpha value is -1.49. The maximum absolute atomic E-state index is 13.0. The van der Waals surface area contributed by atoms with Crippen molar-refractivity contribution in [1.82, 2.24) is 4.90 Å². The summed E-state index contributed by atoms with van der Waals surface area (Å²) >= 11 is 1.66. The minimum absolute atomic E-state index is 0.00234. The molecule has 2 unspecified atom stereocenters. The van der Waals surface area contributed by atoms with Crippen molar-refractivity contribution < 1.29 is 14.3 Å². The molecule has 5 heteroatoms. The van der Waals surface area contributed by atoms with E-state index in [1.165, 1.54) is 0 Å². The molecule has 1 aromatic carbocycles. The molecule has 1 aliphatic rings. The van der Waals surface area contributed by atoms with Gasteiger partial charge < -0.3 is 9.64 Å².